The smallest absolute Gasteiger partial charge is 0.269 e. The van der Waals surface area contributed by atoms with Gasteiger partial charge in [0.15, 0.2) is 5.82 Å². The predicted octanol–water partition coefficient (Wildman–Crippen LogP) is 0.0310. The number of aliphatic hydroxyl groups is 1. The molecule has 3 aromatic heterocycles. The molecule has 0 aromatic carbocycles. The summed E-state index contributed by atoms with van der Waals surface area (Å²) in [6, 6.07) is 3.09. The highest BCUT2D eigenvalue weighted by Crippen LogP contribution is 2.38. The van der Waals surface area contributed by atoms with Gasteiger partial charge < -0.3 is 15.2 Å². The standard InChI is InChI=1S/C16H18N8O3/c1-27-12-4-10(6-17-7-12)15(9-2-11(25)3-9)19-16(26)13-5-14(21-20-13)24-8-18-22-23-24/h4-9,11,15,25H,2-3H2,1H3,(H,19,26)(H,20,21)/t9?,11?,15-/m1/s1. The summed E-state index contributed by atoms with van der Waals surface area (Å²) >= 11 is 0. The van der Waals surface area contributed by atoms with Crippen molar-refractivity contribution in [2.24, 2.45) is 5.92 Å². The molecule has 1 aliphatic carbocycles. The number of aliphatic hydroxyl groups excluding tert-OH is 1. The Balaban J connectivity index is 1.55. The van der Waals surface area contributed by atoms with E-state index in [-0.39, 0.29) is 29.7 Å². The Morgan fingerprint density at radius 1 is 1.41 bits per heavy atom. The van der Waals surface area contributed by atoms with Gasteiger partial charge in [0.05, 0.1) is 25.5 Å². The molecule has 11 heteroatoms. The van der Waals surface area contributed by atoms with E-state index in [1.807, 2.05) is 6.07 Å². The van der Waals surface area contributed by atoms with Crippen molar-refractivity contribution < 1.29 is 14.6 Å². The highest BCUT2D eigenvalue weighted by molar-refractivity contribution is 5.93. The van der Waals surface area contributed by atoms with Gasteiger partial charge in [-0.1, -0.05) is 0 Å². The van der Waals surface area contributed by atoms with Crippen LogP contribution in [-0.4, -0.2) is 59.6 Å². The van der Waals surface area contributed by atoms with Gasteiger partial charge in [-0.25, -0.2) is 0 Å². The third-order valence-electron chi connectivity index (χ3n) is 4.63. The minimum Gasteiger partial charge on any atom is -0.495 e. The van der Waals surface area contributed by atoms with Crippen molar-refractivity contribution in [1.82, 2.24) is 40.7 Å². The van der Waals surface area contributed by atoms with Gasteiger partial charge in [0.25, 0.3) is 5.91 Å². The lowest BCUT2D eigenvalue weighted by molar-refractivity contribution is 0.0234. The van der Waals surface area contributed by atoms with E-state index in [0.29, 0.717) is 24.4 Å². The second-order valence-corrected chi connectivity index (χ2v) is 6.39. The number of hydrogen-bond acceptors (Lipinski definition) is 8. The second-order valence-electron chi connectivity index (χ2n) is 6.39. The van der Waals surface area contributed by atoms with Crippen LogP contribution in [-0.2, 0) is 0 Å². The molecule has 1 saturated carbocycles. The predicted molar refractivity (Wildman–Crippen MR) is 91.0 cm³/mol. The first-order valence-electron chi connectivity index (χ1n) is 8.40. The summed E-state index contributed by atoms with van der Waals surface area (Å²) in [6.45, 7) is 0. The van der Waals surface area contributed by atoms with Gasteiger partial charge in [-0.2, -0.15) is 9.78 Å². The normalized spacial score (nSPS) is 19.9. The number of methoxy groups -OCH3 is 1. The number of pyridine rings is 1. The van der Waals surface area contributed by atoms with Crippen LogP contribution < -0.4 is 10.1 Å². The molecule has 4 rings (SSSR count). The number of hydrogen-bond donors (Lipinski definition) is 3. The number of nitrogens with zero attached hydrogens (tertiary/aromatic N) is 6. The Bertz CT molecular complexity index is 919. The zero-order valence-electron chi connectivity index (χ0n) is 14.5. The van der Waals surface area contributed by atoms with Crippen LogP contribution in [0.15, 0.2) is 30.9 Å². The van der Waals surface area contributed by atoms with Crippen LogP contribution in [0, 0.1) is 5.92 Å². The third-order valence-corrected chi connectivity index (χ3v) is 4.63. The molecular formula is C16H18N8O3. The summed E-state index contributed by atoms with van der Waals surface area (Å²) in [6.07, 6.45) is 5.56. The van der Waals surface area contributed by atoms with Crippen molar-refractivity contribution in [3.63, 3.8) is 0 Å². The lowest BCUT2D eigenvalue weighted by Gasteiger charge is -2.38. The lowest BCUT2D eigenvalue weighted by atomic mass is 9.75. The molecule has 11 nitrogen and oxygen atoms in total. The molecule has 1 amide bonds. The van der Waals surface area contributed by atoms with E-state index >= 15 is 0 Å². The van der Waals surface area contributed by atoms with Crippen LogP contribution in [0.5, 0.6) is 5.75 Å². The van der Waals surface area contributed by atoms with Gasteiger partial charge in [0, 0.05) is 12.3 Å². The van der Waals surface area contributed by atoms with Crippen molar-refractivity contribution in [1.29, 1.82) is 0 Å². The monoisotopic (exact) mass is 370 g/mol. The molecule has 1 fully saturated rings. The maximum atomic E-state index is 12.7. The first kappa shape index (κ1) is 17.1. The molecule has 0 saturated heterocycles. The maximum absolute atomic E-state index is 12.7. The number of amides is 1. The molecule has 3 aromatic rings. The van der Waals surface area contributed by atoms with Gasteiger partial charge in [-0.15, -0.1) is 5.10 Å². The minimum absolute atomic E-state index is 0.111. The summed E-state index contributed by atoms with van der Waals surface area (Å²) < 4.78 is 6.58. The van der Waals surface area contributed by atoms with Crippen molar-refractivity contribution in [3.8, 4) is 11.6 Å². The zero-order chi connectivity index (χ0) is 18.8. The van der Waals surface area contributed by atoms with E-state index in [2.05, 4.69) is 36.0 Å². The number of nitrogens with one attached hydrogen (secondary N) is 2. The van der Waals surface area contributed by atoms with Crippen LogP contribution in [0.1, 0.15) is 34.9 Å². The quantitative estimate of drug-likeness (QED) is 0.551. The lowest BCUT2D eigenvalue weighted by Crippen LogP contribution is -2.41. The molecule has 0 bridgehead atoms. The van der Waals surface area contributed by atoms with Crippen molar-refractivity contribution in [2.45, 2.75) is 25.0 Å². The summed E-state index contributed by atoms with van der Waals surface area (Å²) in [5.41, 5.74) is 1.10. The highest BCUT2D eigenvalue weighted by Gasteiger charge is 2.36. The van der Waals surface area contributed by atoms with Crippen LogP contribution >= 0.6 is 0 Å². The number of aromatic nitrogens is 7. The number of carbonyl (C=O) groups excluding carboxylic acids is 1. The second kappa shape index (κ2) is 7.11. The van der Waals surface area contributed by atoms with E-state index in [1.165, 1.54) is 11.0 Å². The van der Waals surface area contributed by atoms with Crippen LogP contribution in [0.25, 0.3) is 5.82 Å². The fourth-order valence-electron chi connectivity index (χ4n) is 3.12. The summed E-state index contributed by atoms with van der Waals surface area (Å²) in [5.74, 6) is 0.800. The average Bonchev–Trinajstić information content (AvgIpc) is 3.35. The van der Waals surface area contributed by atoms with Gasteiger partial charge >= 0.3 is 0 Å². The number of carbonyl (C=O) groups is 1. The SMILES string of the molecule is COc1cncc([C@H](NC(=O)c2cc(-n3cnnn3)n[nH]2)C2CC(O)C2)c1. The van der Waals surface area contributed by atoms with Crippen molar-refractivity contribution >= 4 is 5.91 Å². The average molecular weight is 370 g/mol. The molecule has 0 unspecified atom stereocenters. The topological polar surface area (TPSA) is 144 Å². The molecule has 3 N–H and O–H groups in total. The van der Waals surface area contributed by atoms with Crippen LogP contribution in [0.3, 0.4) is 0 Å². The molecule has 1 aliphatic rings. The van der Waals surface area contributed by atoms with Gasteiger partial charge in [-0.05, 0) is 40.8 Å². The highest BCUT2D eigenvalue weighted by atomic mass is 16.5. The number of tetrazole rings is 1. The Labute approximate surface area is 153 Å². The van der Waals surface area contributed by atoms with E-state index in [9.17, 15) is 9.90 Å². The van der Waals surface area contributed by atoms with Crippen molar-refractivity contribution in [3.05, 3.63) is 42.1 Å². The Kier molecular flexibility index (Phi) is 4.50. The van der Waals surface area contributed by atoms with E-state index in [4.69, 9.17) is 4.74 Å². The molecular weight excluding hydrogens is 352 g/mol. The first-order valence-corrected chi connectivity index (χ1v) is 8.40. The zero-order valence-corrected chi connectivity index (χ0v) is 14.5. The molecule has 0 spiro atoms. The largest absolute Gasteiger partial charge is 0.495 e. The van der Waals surface area contributed by atoms with Crippen LogP contribution in [0.2, 0.25) is 0 Å². The Hall–Kier alpha value is -3.34. The number of ether oxygens (including phenoxy) is 1. The third kappa shape index (κ3) is 3.49. The number of H-pyrrole nitrogens is 1. The molecule has 27 heavy (non-hydrogen) atoms. The van der Waals surface area contributed by atoms with E-state index < -0.39 is 0 Å². The summed E-state index contributed by atoms with van der Waals surface area (Å²) in [7, 11) is 1.56. The first-order chi connectivity index (χ1) is 13.1. The Morgan fingerprint density at radius 2 is 2.26 bits per heavy atom. The molecule has 3 heterocycles. The molecule has 0 radical (unpaired) electrons. The molecule has 1 atom stereocenters. The van der Waals surface area contributed by atoms with Crippen molar-refractivity contribution in [2.75, 3.05) is 7.11 Å². The summed E-state index contributed by atoms with van der Waals surface area (Å²) in [5, 5.41) is 30.2. The molecule has 0 aliphatic heterocycles. The number of aromatic amines is 1. The Morgan fingerprint density at radius 3 is 2.96 bits per heavy atom. The maximum Gasteiger partial charge on any atom is 0.269 e. The fourth-order valence-corrected chi connectivity index (χ4v) is 3.12. The minimum atomic E-state index is -0.341. The summed E-state index contributed by atoms with van der Waals surface area (Å²) in [4.78, 5) is 16.9. The van der Waals surface area contributed by atoms with Gasteiger partial charge in [0.2, 0.25) is 0 Å². The van der Waals surface area contributed by atoms with E-state index in [1.54, 1.807) is 25.6 Å². The van der Waals surface area contributed by atoms with Crippen LogP contribution in [0.4, 0.5) is 0 Å². The number of rotatable bonds is 6. The van der Waals surface area contributed by atoms with E-state index in [0.717, 1.165) is 5.56 Å². The molecule has 140 valence electrons. The van der Waals surface area contributed by atoms with Gasteiger partial charge in [-0.3, -0.25) is 14.9 Å². The van der Waals surface area contributed by atoms with Gasteiger partial charge in [0.1, 0.15) is 17.8 Å². The fraction of sp³-hybridized carbons (Fsp3) is 0.375.